The first-order chi connectivity index (χ1) is 9.72. The zero-order chi connectivity index (χ0) is 14.4. The molecule has 0 saturated heterocycles. The number of benzene rings is 1. The molecule has 0 amide bonds. The Balaban J connectivity index is 2.16. The molecule has 0 bridgehead atoms. The standard InChI is InChI=1S/C14H22N4O2/c15-17-13-10-6-9-12(14(13)18(19)20)16-11-7-4-2-1-3-5-8-11/h6,9-11,16-17H,1-5,7-8,15H2. The lowest BCUT2D eigenvalue weighted by atomic mass is 9.96. The molecule has 1 saturated carbocycles. The molecule has 0 unspecified atom stereocenters. The minimum atomic E-state index is -0.388. The quantitative estimate of drug-likeness (QED) is 0.446. The van der Waals surface area contributed by atoms with Crippen LogP contribution >= 0.6 is 0 Å². The molecule has 0 aliphatic heterocycles. The largest absolute Gasteiger partial charge is 0.377 e. The lowest BCUT2D eigenvalue weighted by Gasteiger charge is -2.22. The molecule has 1 aromatic rings. The molecule has 2 rings (SSSR count). The summed E-state index contributed by atoms with van der Waals surface area (Å²) in [5.74, 6) is 5.35. The van der Waals surface area contributed by atoms with Crippen LogP contribution in [0.15, 0.2) is 18.2 Å². The number of nitrogens with one attached hydrogen (secondary N) is 2. The average Bonchev–Trinajstić information content (AvgIpc) is 2.41. The Hall–Kier alpha value is -1.82. The Bertz CT molecular complexity index is 456. The lowest BCUT2D eigenvalue weighted by Crippen LogP contribution is -2.21. The molecule has 20 heavy (non-hydrogen) atoms. The highest BCUT2D eigenvalue weighted by Crippen LogP contribution is 2.33. The molecule has 1 aromatic carbocycles. The van der Waals surface area contributed by atoms with Crippen LogP contribution in [0.3, 0.4) is 0 Å². The minimum absolute atomic E-state index is 0.0251. The van der Waals surface area contributed by atoms with E-state index in [9.17, 15) is 10.1 Å². The first-order valence-corrected chi connectivity index (χ1v) is 7.23. The molecule has 0 spiro atoms. The van der Waals surface area contributed by atoms with Gasteiger partial charge in [-0.05, 0) is 25.0 Å². The van der Waals surface area contributed by atoms with E-state index >= 15 is 0 Å². The van der Waals surface area contributed by atoms with Crippen molar-refractivity contribution in [3.05, 3.63) is 28.3 Å². The number of nitrogen functional groups attached to an aromatic ring is 1. The van der Waals surface area contributed by atoms with Crippen molar-refractivity contribution < 1.29 is 4.92 Å². The second-order valence-corrected chi connectivity index (χ2v) is 5.29. The number of nitro groups is 1. The van der Waals surface area contributed by atoms with Gasteiger partial charge in [0.1, 0.15) is 11.4 Å². The fourth-order valence-corrected chi connectivity index (χ4v) is 2.79. The van der Waals surface area contributed by atoms with E-state index in [1.54, 1.807) is 18.2 Å². The van der Waals surface area contributed by atoms with Crippen LogP contribution in [0.4, 0.5) is 17.1 Å². The number of para-hydroxylation sites is 1. The van der Waals surface area contributed by atoms with Crippen molar-refractivity contribution in [2.75, 3.05) is 10.7 Å². The maximum Gasteiger partial charge on any atom is 0.316 e. The van der Waals surface area contributed by atoms with Gasteiger partial charge in [0.25, 0.3) is 0 Å². The number of hydrazine groups is 1. The summed E-state index contributed by atoms with van der Waals surface area (Å²) < 4.78 is 0. The minimum Gasteiger partial charge on any atom is -0.377 e. The maximum atomic E-state index is 11.2. The van der Waals surface area contributed by atoms with Crippen molar-refractivity contribution in [1.29, 1.82) is 0 Å². The first kappa shape index (κ1) is 14.6. The van der Waals surface area contributed by atoms with Crippen LogP contribution in [0, 0.1) is 10.1 Å². The van der Waals surface area contributed by atoms with E-state index in [-0.39, 0.29) is 10.6 Å². The van der Waals surface area contributed by atoms with Crippen LogP contribution < -0.4 is 16.6 Å². The molecule has 1 aliphatic rings. The van der Waals surface area contributed by atoms with Crippen molar-refractivity contribution >= 4 is 17.1 Å². The van der Waals surface area contributed by atoms with Gasteiger partial charge in [-0.3, -0.25) is 16.0 Å². The molecular formula is C14H22N4O2. The number of nitro benzene ring substituents is 1. The second-order valence-electron chi connectivity index (χ2n) is 5.29. The molecule has 0 aromatic heterocycles. The van der Waals surface area contributed by atoms with E-state index in [1.165, 1.54) is 32.1 Å². The smallest absolute Gasteiger partial charge is 0.316 e. The fourth-order valence-electron chi connectivity index (χ4n) is 2.79. The van der Waals surface area contributed by atoms with Gasteiger partial charge < -0.3 is 10.7 Å². The van der Waals surface area contributed by atoms with Crippen LogP contribution in [0.1, 0.15) is 44.9 Å². The molecule has 4 N–H and O–H groups in total. The molecule has 110 valence electrons. The van der Waals surface area contributed by atoms with Gasteiger partial charge in [-0.2, -0.15) is 0 Å². The van der Waals surface area contributed by atoms with Crippen molar-refractivity contribution in [3.63, 3.8) is 0 Å². The summed E-state index contributed by atoms with van der Waals surface area (Å²) in [5, 5.41) is 14.6. The zero-order valence-electron chi connectivity index (χ0n) is 11.6. The van der Waals surface area contributed by atoms with E-state index in [1.807, 2.05) is 0 Å². The van der Waals surface area contributed by atoms with Crippen LogP contribution in [0.25, 0.3) is 0 Å². The van der Waals surface area contributed by atoms with Crippen LogP contribution in [0.2, 0.25) is 0 Å². The van der Waals surface area contributed by atoms with Crippen molar-refractivity contribution in [1.82, 2.24) is 0 Å². The Morgan fingerprint density at radius 1 is 1.10 bits per heavy atom. The Morgan fingerprint density at radius 3 is 2.30 bits per heavy atom. The lowest BCUT2D eigenvalue weighted by molar-refractivity contribution is -0.383. The monoisotopic (exact) mass is 278 g/mol. The van der Waals surface area contributed by atoms with Gasteiger partial charge in [0.15, 0.2) is 0 Å². The summed E-state index contributed by atoms with van der Waals surface area (Å²) in [6.45, 7) is 0. The van der Waals surface area contributed by atoms with Crippen molar-refractivity contribution in [2.45, 2.75) is 51.0 Å². The number of rotatable bonds is 4. The molecule has 1 aliphatic carbocycles. The van der Waals surface area contributed by atoms with Gasteiger partial charge in [-0.15, -0.1) is 0 Å². The molecule has 1 fully saturated rings. The van der Waals surface area contributed by atoms with Crippen LogP contribution in [-0.4, -0.2) is 11.0 Å². The molecule has 6 heteroatoms. The molecule has 0 radical (unpaired) electrons. The topological polar surface area (TPSA) is 93.2 Å². The number of nitrogens with zero attached hydrogens (tertiary/aromatic N) is 1. The Morgan fingerprint density at radius 2 is 1.70 bits per heavy atom. The van der Waals surface area contributed by atoms with Crippen molar-refractivity contribution in [3.8, 4) is 0 Å². The zero-order valence-corrected chi connectivity index (χ0v) is 11.6. The SMILES string of the molecule is NNc1cccc(NC2CCCCCCC2)c1[N+](=O)[O-]. The molecule has 6 nitrogen and oxygen atoms in total. The number of anilines is 2. The third-order valence-electron chi connectivity index (χ3n) is 3.84. The van der Waals surface area contributed by atoms with Crippen LogP contribution in [0.5, 0.6) is 0 Å². The highest BCUT2D eigenvalue weighted by molar-refractivity contribution is 5.76. The Kier molecular flexibility index (Phi) is 5.17. The van der Waals surface area contributed by atoms with Gasteiger partial charge in [-0.25, -0.2) is 0 Å². The van der Waals surface area contributed by atoms with E-state index in [0.717, 1.165) is 12.8 Å². The maximum absolute atomic E-state index is 11.2. The third kappa shape index (κ3) is 3.60. The highest BCUT2D eigenvalue weighted by atomic mass is 16.6. The summed E-state index contributed by atoms with van der Waals surface area (Å²) in [7, 11) is 0. The summed E-state index contributed by atoms with van der Waals surface area (Å²) >= 11 is 0. The van der Waals surface area contributed by atoms with Crippen LogP contribution in [-0.2, 0) is 0 Å². The van der Waals surface area contributed by atoms with Gasteiger partial charge in [-0.1, -0.05) is 38.2 Å². The average molecular weight is 278 g/mol. The highest BCUT2D eigenvalue weighted by Gasteiger charge is 2.21. The first-order valence-electron chi connectivity index (χ1n) is 7.23. The summed E-state index contributed by atoms with van der Waals surface area (Å²) in [4.78, 5) is 10.8. The van der Waals surface area contributed by atoms with Gasteiger partial charge in [0.2, 0.25) is 0 Å². The van der Waals surface area contributed by atoms with E-state index in [0.29, 0.717) is 17.4 Å². The van der Waals surface area contributed by atoms with Gasteiger partial charge >= 0.3 is 5.69 Å². The number of nitrogens with two attached hydrogens (primary N) is 1. The summed E-state index contributed by atoms with van der Waals surface area (Å²) in [5.41, 5.74) is 3.31. The Labute approximate surface area is 118 Å². The van der Waals surface area contributed by atoms with Crippen molar-refractivity contribution in [2.24, 2.45) is 5.84 Å². The predicted molar refractivity (Wildman–Crippen MR) is 80.6 cm³/mol. The van der Waals surface area contributed by atoms with Gasteiger partial charge in [0.05, 0.1) is 4.92 Å². The summed E-state index contributed by atoms with van der Waals surface area (Å²) in [6, 6.07) is 5.44. The van der Waals surface area contributed by atoms with E-state index in [2.05, 4.69) is 10.7 Å². The fraction of sp³-hybridized carbons (Fsp3) is 0.571. The second kappa shape index (κ2) is 7.09. The number of hydrogen-bond donors (Lipinski definition) is 3. The molecular weight excluding hydrogens is 256 g/mol. The third-order valence-corrected chi connectivity index (χ3v) is 3.84. The number of hydrogen-bond acceptors (Lipinski definition) is 5. The summed E-state index contributed by atoms with van der Waals surface area (Å²) in [6.07, 6.45) is 8.31. The van der Waals surface area contributed by atoms with Gasteiger partial charge in [0, 0.05) is 6.04 Å². The molecule has 0 atom stereocenters. The molecule has 0 heterocycles. The predicted octanol–water partition coefficient (Wildman–Crippen LogP) is 3.41. The normalized spacial score (nSPS) is 17.1. The van der Waals surface area contributed by atoms with E-state index in [4.69, 9.17) is 5.84 Å². The van der Waals surface area contributed by atoms with E-state index < -0.39 is 0 Å².